The molecule has 2 aliphatic rings. The Labute approximate surface area is 222 Å². The highest BCUT2D eigenvalue weighted by molar-refractivity contribution is 7.92. The topological polar surface area (TPSA) is 88.1 Å². The summed E-state index contributed by atoms with van der Waals surface area (Å²) in [6, 6.07) is 20.0. The molecule has 7 nitrogen and oxygen atoms in total. The Kier molecular flexibility index (Phi) is 7.32. The highest BCUT2D eigenvalue weighted by atomic mass is 32.2. The second-order valence-electron chi connectivity index (χ2n) is 9.87. The van der Waals surface area contributed by atoms with Gasteiger partial charge in [0.25, 0.3) is 0 Å². The van der Waals surface area contributed by atoms with Gasteiger partial charge in [0.1, 0.15) is 30.0 Å². The number of sulfonamides is 1. The minimum Gasteiger partial charge on any atom is -0.508 e. The van der Waals surface area contributed by atoms with E-state index in [2.05, 4.69) is 9.62 Å². The lowest BCUT2D eigenvalue weighted by atomic mass is 9.86. The number of nitrogens with one attached hydrogen (secondary N) is 1. The Morgan fingerprint density at radius 2 is 1.79 bits per heavy atom. The van der Waals surface area contributed by atoms with E-state index in [1.54, 1.807) is 30.3 Å². The molecule has 200 valence electrons. The van der Waals surface area contributed by atoms with Gasteiger partial charge in [0.15, 0.2) is 0 Å². The molecule has 0 aromatic heterocycles. The van der Waals surface area contributed by atoms with Gasteiger partial charge in [-0.05, 0) is 66.1 Å². The summed E-state index contributed by atoms with van der Waals surface area (Å²) in [5.41, 5.74) is 4.95. The molecule has 2 aliphatic heterocycles. The number of hydrogen-bond donors (Lipinski definition) is 2. The third-order valence-corrected chi connectivity index (χ3v) is 7.49. The zero-order chi connectivity index (χ0) is 26.9. The van der Waals surface area contributed by atoms with Crippen molar-refractivity contribution in [2.24, 2.45) is 5.92 Å². The molecule has 9 heteroatoms. The highest BCUT2D eigenvalue weighted by Crippen LogP contribution is 2.47. The monoisotopic (exact) mass is 538 g/mol. The van der Waals surface area contributed by atoms with Crippen LogP contribution in [0.3, 0.4) is 0 Å². The number of halogens is 1. The number of aromatic hydroxyl groups is 1. The largest absolute Gasteiger partial charge is 0.508 e. The van der Waals surface area contributed by atoms with Crippen LogP contribution in [0.5, 0.6) is 17.2 Å². The number of allylic oxidation sites excluding steroid dienone is 1. The van der Waals surface area contributed by atoms with E-state index in [1.807, 2.05) is 43.3 Å². The Hall–Kier alpha value is -3.56. The summed E-state index contributed by atoms with van der Waals surface area (Å²) in [5, 5.41) is 10.1. The summed E-state index contributed by atoms with van der Waals surface area (Å²) < 4.78 is 50.7. The van der Waals surface area contributed by atoms with Gasteiger partial charge in [-0.15, -0.1) is 0 Å². The number of benzene rings is 3. The van der Waals surface area contributed by atoms with E-state index >= 15 is 0 Å². The number of anilines is 1. The van der Waals surface area contributed by atoms with E-state index in [-0.39, 0.29) is 18.3 Å². The van der Waals surface area contributed by atoms with Crippen molar-refractivity contribution in [3.63, 3.8) is 0 Å². The number of hydrogen-bond acceptors (Lipinski definition) is 6. The smallest absolute Gasteiger partial charge is 0.229 e. The maximum atomic E-state index is 12.6. The maximum Gasteiger partial charge on any atom is 0.229 e. The molecule has 3 aromatic rings. The van der Waals surface area contributed by atoms with E-state index in [1.165, 1.54) is 0 Å². The van der Waals surface area contributed by atoms with Crippen molar-refractivity contribution in [3.8, 4) is 17.2 Å². The molecule has 0 bridgehead atoms. The number of rotatable bonds is 9. The Morgan fingerprint density at radius 3 is 2.45 bits per heavy atom. The molecule has 0 amide bonds. The summed E-state index contributed by atoms with van der Waals surface area (Å²) in [4.78, 5) is 2.18. The number of alkyl halides is 1. The van der Waals surface area contributed by atoms with Crippen molar-refractivity contribution in [2.45, 2.75) is 13.0 Å². The van der Waals surface area contributed by atoms with Gasteiger partial charge in [0.2, 0.25) is 10.0 Å². The number of likely N-dealkylation sites (tertiary alicyclic amines) is 1. The van der Waals surface area contributed by atoms with E-state index in [4.69, 9.17) is 9.47 Å². The van der Waals surface area contributed by atoms with Gasteiger partial charge in [-0.1, -0.05) is 24.3 Å². The molecule has 0 aliphatic carbocycles. The molecule has 1 saturated heterocycles. The first kappa shape index (κ1) is 26.1. The molecule has 2 heterocycles. The lowest BCUT2D eigenvalue weighted by Crippen LogP contribution is -2.49. The minimum absolute atomic E-state index is 0.150. The van der Waals surface area contributed by atoms with Crippen molar-refractivity contribution in [2.75, 3.05) is 43.9 Å². The first-order chi connectivity index (χ1) is 18.2. The molecule has 0 unspecified atom stereocenters. The van der Waals surface area contributed by atoms with Crippen molar-refractivity contribution in [3.05, 3.63) is 83.4 Å². The lowest BCUT2D eigenvalue weighted by molar-refractivity contribution is 0.0668. The summed E-state index contributed by atoms with van der Waals surface area (Å²) in [5.74, 6) is 1.73. The van der Waals surface area contributed by atoms with Crippen LogP contribution in [0, 0.1) is 5.92 Å². The summed E-state index contributed by atoms with van der Waals surface area (Å²) in [7, 11) is -3.39. The molecular weight excluding hydrogens is 507 g/mol. The third-order valence-electron chi connectivity index (χ3n) is 6.89. The zero-order valence-corrected chi connectivity index (χ0v) is 22.2. The predicted octanol–water partition coefficient (Wildman–Crippen LogP) is 5.11. The Morgan fingerprint density at radius 1 is 1.08 bits per heavy atom. The lowest BCUT2D eigenvalue weighted by Gasteiger charge is -2.37. The van der Waals surface area contributed by atoms with Crippen LogP contribution < -0.4 is 14.2 Å². The molecule has 38 heavy (non-hydrogen) atoms. The molecule has 5 rings (SSSR count). The van der Waals surface area contributed by atoms with Gasteiger partial charge in [-0.25, -0.2) is 8.42 Å². The highest BCUT2D eigenvalue weighted by Gasteiger charge is 2.30. The molecule has 1 atom stereocenters. The second-order valence-corrected chi connectivity index (χ2v) is 11.6. The van der Waals surface area contributed by atoms with Crippen LogP contribution >= 0.6 is 0 Å². The minimum atomic E-state index is -3.39. The maximum absolute atomic E-state index is 12.6. The van der Waals surface area contributed by atoms with Gasteiger partial charge in [0, 0.05) is 42.4 Å². The molecule has 1 fully saturated rings. The van der Waals surface area contributed by atoms with Crippen LogP contribution in [-0.4, -0.2) is 57.6 Å². The van der Waals surface area contributed by atoms with Gasteiger partial charge >= 0.3 is 0 Å². The number of phenolic OH excluding ortho intramolecular Hbond substituents is 1. The van der Waals surface area contributed by atoms with Gasteiger partial charge in [-0.2, -0.15) is 0 Å². The molecule has 0 spiro atoms. The van der Waals surface area contributed by atoms with Gasteiger partial charge in [0.05, 0.1) is 12.9 Å². The summed E-state index contributed by atoms with van der Waals surface area (Å²) >= 11 is 0. The van der Waals surface area contributed by atoms with Gasteiger partial charge in [-0.3, -0.25) is 14.0 Å². The van der Waals surface area contributed by atoms with Gasteiger partial charge < -0.3 is 14.6 Å². The van der Waals surface area contributed by atoms with E-state index < -0.39 is 16.1 Å². The van der Waals surface area contributed by atoms with Crippen LogP contribution in [0.4, 0.5) is 10.1 Å². The van der Waals surface area contributed by atoms with Crippen molar-refractivity contribution < 1.29 is 27.4 Å². The number of fused-ring (bicyclic) bond motifs is 1. The second kappa shape index (κ2) is 10.7. The standard InChI is InChI=1S/C29H31FN2O5S/c1-19-26-15-24(33)9-12-27(26)37-29(28(19)21-3-7-23(8-4-21)31-38(2,34)35)22-5-10-25(11-6-22)36-14-13-32-17-20(16-30)18-32/h3-12,15,20,29,31,33H,13-14,16-18H2,1-2H3/t29-/m0/s1. The zero-order valence-electron chi connectivity index (χ0n) is 21.4. The molecule has 0 radical (unpaired) electrons. The molecular formula is C29H31FN2O5S. The van der Waals surface area contributed by atoms with E-state index in [0.29, 0.717) is 18.0 Å². The first-order valence-electron chi connectivity index (χ1n) is 12.5. The van der Waals surface area contributed by atoms with Crippen molar-refractivity contribution in [1.29, 1.82) is 0 Å². The van der Waals surface area contributed by atoms with Crippen LogP contribution in [-0.2, 0) is 10.0 Å². The fraction of sp³-hybridized carbons (Fsp3) is 0.310. The third kappa shape index (κ3) is 5.79. The normalized spacial score (nSPS) is 17.9. The van der Waals surface area contributed by atoms with Crippen LogP contribution in [0.15, 0.2) is 66.7 Å². The van der Waals surface area contributed by atoms with Crippen LogP contribution in [0.2, 0.25) is 0 Å². The summed E-state index contributed by atoms with van der Waals surface area (Å²) in [6.45, 7) is 4.61. The predicted molar refractivity (Wildman–Crippen MR) is 147 cm³/mol. The van der Waals surface area contributed by atoms with Crippen LogP contribution in [0.25, 0.3) is 11.1 Å². The van der Waals surface area contributed by atoms with E-state index in [9.17, 15) is 17.9 Å². The van der Waals surface area contributed by atoms with Crippen molar-refractivity contribution >= 4 is 26.9 Å². The first-order valence-corrected chi connectivity index (χ1v) is 14.4. The van der Waals surface area contributed by atoms with Crippen molar-refractivity contribution in [1.82, 2.24) is 4.90 Å². The fourth-order valence-electron chi connectivity index (χ4n) is 4.96. The average molecular weight is 539 g/mol. The van der Waals surface area contributed by atoms with E-state index in [0.717, 1.165) is 59.5 Å². The molecule has 3 aromatic carbocycles. The Balaban J connectivity index is 1.39. The Bertz CT molecular complexity index is 1430. The molecule has 2 N–H and O–H groups in total. The quantitative estimate of drug-likeness (QED) is 0.394. The number of nitrogens with zero attached hydrogens (tertiary/aromatic N) is 1. The summed E-state index contributed by atoms with van der Waals surface area (Å²) in [6.07, 6.45) is 0.691. The SMILES string of the molecule is CC1=C(c2ccc(NS(C)(=O)=O)cc2)[C@H](c2ccc(OCCN3CC(CF)C3)cc2)Oc2ccc(O)cc21. The number of phenols is 1. The number of ether oxygens (including phenoxy) is 2. The molecule has 0 saturated carbocycles. The fourth-order valence-corrected chi connectivity index (χ4v) is 5.53. The average Bonchev–Trinajstić information content (AvgIpc) is 2.86. The van der Waals surface area contributed by atoms with Crippen LogP contribution in [0.1, 0.15) is 29.7 Å².